The van der Waals surface area contributed by atoms with E-state index < -0.39 is 35.9 Å². The van der Waals surface area contributed by atoms with E-state index in [1.807, 2.05) is 6.07 Å². The third-order valence-corrected chi connectivity index (χ3v) is 4.21. The summed E-state index contributed by atoms with van der Waals surface area (Å²) in [6, 6.07) is 5.01. The van der Waals surface area contributed by atoms with Gasteiger partial charge in [-0.25, -0.2) is 9.50 Å². The lowest BCUT2D eigenvalue weighted by Gasteiger charge is -2.24. The number of aromatic nitrogens is 3. The van der Waals surface area contributed by atoms with Crippen molar-refractivity contribution in [3.05, 3.63) is 24.2 Å². The molecule has 0 bridgehead atoms. The SMILES string of the molecule is CC(=O)OC[C@H]1O[C@@](C#N)(c2ccc3c(N)ncnn23)[C@H](O)[C@@H]1OC(C)=O. The number of aliphatic hydroxyl groups is 1. The van der Waals surface area contributed by atoms with Crippen LogP contribution in [-0.4, -0.2) is 56.6 Å². The van der Waals surface area contributed by atoms with Gasteiger partial charge in [-0.05, 0) is 12.1 Å². The molecule has 4 atom stereocenters. The Hall–Kier alpha value is -3.23. The number of hydrogen-bond acceptors (Lipinski definition) is 10. The Kier molecular flexibility index (Phi) is 4.69. The summed E-state index contributed by atoms with van der Waals surface area (Å²) in [6.07, 6.45) is -2.66. The van der Waals surface area contributed by atoms with Gasteiger partial charge in [0.25, 0.3) is 0 Å². The maximum atomic E-state index is 11.4. The fraction of sp³-hybridized carbons (Fsp3) is 0.438. The molecule has 11 heteroatoms. The first-order chi connectivity index (χ1) is 12.8. The first-order valence-corrected chi connectivity index (χ1v) is 7.96. The molecule has 1 aliphatic rings. The summed E-state index contributed by atoms with van der Waals surface area (Å²) in [6.45, 7) is 2.04. The van der Waals surface area contributed by atoms with Crippen LogP contribution in [0.5, 0.6) is 0 Å². The Morgan fingerprint density at radius 2 is 2.19 bits per heavy atom. The zero-order chi connectivity index (χ0) is 19.8. The van der Waals surface area contributed by atoms with E-state index in [0.29, 0.717) is 5.52 Å². The molecule has 27 heavy (non-hydrogen) atoms. The molecule has 0 unspecified atom stereocenters. The molecule has 1 fully saturated rings. The summed E-state index contributed by atoms with van der Waals surface area (Å²) in [7, 11) is 0. The highest BCUT2D eigenvalue weighted by molar-refractivity contribution is 5.67. The highest BCUT2D eigenvalue weighted by Crippen LogP contribution is 2.41. The maximum Gasteiger partial charge on any atom is 0.303 e. The molecule has 1 aliphatic heterocycles. The summed E-state index contributed by atoms with van der Waals surface area (Å²) >= 11 is 0. The van der Waals surface area contributed by atoms with Crippen LogP contribution in [-0.2, 0) is 29.4 Å². The van der Waals surface area contributed by atoms with Crippen LogP contribution in [0.15, 0.2) is 18.5 Å². The zero-order valence-electron chi connectivity index (χ0n) is 14.5. The fourth-order valence-corrected chi connectivity index (χ4v) is 3.07. The summed E-state index contributed by atoms with van der Waals surface area (Å²) in [5.41, 5.74) is 4.45. The number of ether oxygens (including phenoxy) is 3. The first kappa shape index (κ1) is 18.6. The number of carbonyl (C=O) groups excluding carboxylic acids is 2. The summed E-state index contributed by atoms with van der Waals surface area (Å²) in [5.74, 6) is -1.10. The van der Waals surface area contributed by atoms with Crippen molar-refractivity contribution in [1.82, 2.24) is 14.6 Å². The number of esters is 2. The number of fused-ring (bicyclic) bond motifs is 1. The van der Waals surface area contributed by atoms with Gasteiger partial charge in [-0.2, -0.15) is 10.4 Å². The third kappa shape index (κ3) is 3.05. The Morgan fingerprint density at radius 3 is 2.81 bits per heavy atom. The number of hydrogen-bond donors (Lipinski definition) is 2. The zero-order valence-corrected chi connectivity index (χ0v) is 14.5. The summed E-state index contributed by atoms with van der Waals surface area (Å²) in [5, 5.41) is 24.7. The standard InChI is InChI=1S/C16H17N5O6/c1-8(22)25-5-11-13(26-9(2)23)14(24)16(6-17,27-11)12-4-3-10-15(18)19-7-20-21(10)12/h3-4,7,11,13-14,24H,5H2,1-2H3,(H2,18,19,20)/t11-,13-,14-,16+/m1/s1. The van der Waals surface area contributed by atoms with Gasteiger partial charge in [0.15, 0.2) is 11.9 Å². The number of aliphatic hydroxyl groups excluding tert-OH is 1. The lowest BCUT2D eigenvalue weighted by Crippen LogP contribution is -2.43. The van der Waals surface area contributed by atoms with Gasteiger partial charge < -0.3 is 25.1 Å². The van der Waals surface area contributed by atoms with Crippen LogP contribution >= 0.6 is 0 Å². The third-order valence-electron chi connectivity index (χ3n) is 4.21. The molecule has 2 aromatic rings. The molecule has 2 aromatic heterocycles. The molecule has 0 aromatic carbocycles. The molecular weight excluding hydrogens is 358 g/mol. The quantitative estimate of drug-likeness (QED) is 0.652. The average molecular weight is 375 g/mol. The molecule has 3 N–H and O–H groups in total. The van der Waals surface area contributed by atoms with Gasteiger partial charge in [0.1, 0.15) is 36.7 Å². The number of nitriles is 1. The minimum Gasteiger partial charge on any atom is -0.463 e. The van der Waals surface area contributed by atoms with Crippen LogP contribution in [0.3, 0.4) is 0 Å². The molecule has 0 amide bonds. The average Bonchev–Trinajstić information content (AvgIpc) is 3.15. The van der Waals surface area contributed by atoms with E-state index in [1.54, 1.807) is 6.07 Å². The van der Waals surface area contributed by atoms with Gasteiger partial charge in [-0.1, -0.05) is 0 Å². The van der Waals surface area contributed by atoms with Crippen molar-refractivity contribution < 1.29 is 28.9 Å². The Bertz CT molecular complexity index is 937. The molecule has 3 heterocycles. The van der Waals surface area contributed by atoms with E-state index in [0.717, 1.165) is 6.92 Å². The van der Waals surface area contributed by atoms with Gasteiger partial charge in [-0.3, -0.25) is 9.59 Å². The van der Waals surface area contributed by atoms with Crippen molar-refractivity contribution >= 4 is 23.3 Å². The molecule has 0 spiro atoms. The molecule has 3 rings (SSSR count). The van der Waals surface area contributed by atoms with E-state index in [4.69, 9.17) is 19.9 Å². The Balaban J connectivity index is 2.07. The van der Waals surface area contributed by atoms with Gasteiger partial charge in [0.2, 0.25) is 5.60 Å². The topological polar surface area (TPSA) is 162 Å². The predicted molar refractivity (Wildman–Crippen MR) is 87.8 cm³/mol. The van der Waals surface area contributed by atoms with Gasteiger partial charge >= 0.3 is 11.9 Å². The van der Waals surface area contributed by atoms with Gasteiger partial charge in [0, 0.05) is 13.8 Å². The monoisotopic (exact) mass is 375 g/mol. The van der Waals surface area contributed by atoms with Crippen LogP contribution in [0.1, 0.15) is 19.5 Å². The number of nitrogens with zero attached hydrogens (tertiary/aromatic N) is 4. The Labute approximate surface area is 153 Å². The number of carbonyl (C=O) groups is 2. The number of rotatable bonds is 4. The molecule has 0 radical (unpaired) electrons. The molecule has 0 saturated carbocycles. The van der Waals surface area contributed by atoms with Crippen molar-refractivity contribution in [2.75, 3.05) is 12.3 Å². The normalized spacial score (nSPS) is 27.3. The molecule has 0 aliphatic carbocycles. The second-order valence-corrected chi connectivity index (χ2v) is 5.99. The van der Waals surface area contributed by atoms with Gasteiger partial charge in [0.05, 0.1) is 5.69 Å². The molecule has 142 valence electrons. The largest absolute Gasteiger partial charge is 0.463 e. The summed E-state index contributed by atoms with van der Waals surface area (Å²) < 4.78 is 17.1. The number of nitrogen functional groups attached to an aromatic ring is 1. The van der Waals surface area contributed by atoms with E-state index in [-0.39, 0.29) is 18.1 Å². The van der Waals surface area contributed by atoms with Crippen molar-refractivity contribution in [3.63, 3.8) is 0 Å². The van der Waals surface area contributed by atoms with E-state index in [2.05, 4.69) is 10.1 Å². The van der Waals surface area contributed by atoms with E-state index >= 15 is 0 Å². The second-order valence-electron chi connectivity index (χ2n) is 5.99. The van der Waals surface area contributed by atoms with Gasteiger partial charge in [-0.15, -0.1) is 0 Å². The van der Waals surface area contributed by atoms with E-state index in [1.165, 1.54) is 23.8 Å². The smallest absolute Gasteiger partial charge is 0.303 e. The number of nitrogens with two attached hydrogens (primary N) is 1. The molecule has 1 saturated heterocycles. The Morgan fingerprint density at radius 1 is 1.44 bits per heavy atom. The second kappa shape index (κ2) is 6.82. The van der Waals surface area contributed by atoms with Crippen molar-refractivity contribution in [2.45, 2.75) is 37.8 Å². The van der Waals surface area contributed by atoms with Crippen molar-refractivity contribution in [3.8, 4) is 6.07 Å². The lowest BCUT2D eigenvalue weighted by atomic mass is 9.92. The van der Waals surface area contributed by atoms with E-state index in [9.17, 15) is 20.0 Å². The lowest BCUT2D eigenvalue weighted by molar-refractivity contribution is -0.157. The maximum absolute atomic E-state index is 11.4. The van der Waals surface area contributed by atoms with Crippen LogP contribution in [0.2, 0.25) is 0 Å². The van der Waals surface area contributed by atoms with Crippen LogP contribution in [0, 0.1) is 11.3 Å². The van der Waals surface area contributed by atoms with Crippen LogP contribution < -0.4 is 5.73 Å². The molecule has 11 nitrogen and oxygen atoms in total. The summed E-state index contributed by atoms with van der Waals surface area (Å²) in [4.78, 5) is 26.5. The highest BCUT2D eigenvalue weighted by Gasteiger charge is 2.59. The molecular formula is C16H17N5O6. The van der Waals surface area contributed by atoms with Crippen LogP contribution in [0.25, 0.3) is 5.52 Å². The van der Waals surface area contributed by atoms with Crippen molar-refractivity contribution in [1.29, 1.82) is 5.26 Å². The van der Waals surface area contributed by atoms with Crippen LogP contribution in [0.4, 0.5) is 5.82 Å². The highest BCUT2D eigenvalue weighted by atomic mass is 16.6. The van der Waals surface area contributed by atoms with Crippen molar-refractivity contribution in [2.24, 2.45) is 0 Å². The fourth-order valence-electron chi connectivity index (χ4n) is 3.07. The minimum atomic E-state index is -1.93. The number of anilines is 1. The predicted octanol–water partition coefficient (Wildman–Crippen LogP) is -0.715. The first-order valence-electron chi connectivity index (χ1n) is 7.96. The minimum absolute atomic E-state index is 0.170.